The maximum atomic E-state index is 5.75. The molecule has 0 saturated heterocycles. The Morgan fingerprint density at radius 3 is 2.89 bits per heavy atom. The fourth-order valence-corrected chi connectivity index (χ4v) is 2.41. The van der Waals surface area contributed by atoms with Crippen LogP contribution in [0.2, 0.25) is 0 Å². The number of hydrogen-bond acceptors (Lipinski definition) is 4. The molecule has 0 bridgehead atoms. The smallest absolute Gasteiger partial charge is 0.124 e. The number of hydrogen-bond donors (Lipinski definition) is 1. The van der Waals surface area contributed by atoms with Crippen molar-refractivity contribution in [2.24, 2.45) is 0 Å². The van der Waals surface area contributed by atoms with Gasteiger partial charge in [-0.1, -0.05) is 6.07 Å². The molecule has 0 aliphatic heterocycles. The molecule has 2 aromatic rings. The van der Waals surface area contributed by atoms with E-state index in [0.717, 1.165) is 23.4 Å². The summed E-state index contributed by atoms with van der Waals surface area (Å²) in [5.74, 6) is 0.820. The van der Waals surface area contributed by atoms with Crippen molar-refractivity contribution in [3.63, 3.8) is 0 Å². The van der Waals surface area contributed by atoms with Gasteiger partial charge in [-0.05, 0) is 29.6 Å². The lowest BCUT2D eigenvalue weighted by Crippen LogP contribution is -2.01. The maximum absolute atomic E-state index is 5.75. The van der Waals surface area contributed by atoms with E-state index in [-0.39, 0.29) is 0 Å². The topological polar surface area (TPSA) is 44.5 Å². The number of methoxy groups -OCH3 is 1. The summed E-state index contributed by atoms with van der Waals surface area (Å²) in [6.07, 6.45) is 0.947. The summed E-state index contributed by atoms with van der Waals surface area (Å²) in [4.78, 5) is 1.34. The van der Waals surface area contributed by atoms with Gasteiger partial charge in [0.2, 0.25) is 0 Å². The van der Waals surface area contributed by atoms with Crippen molar-refractivity contribution >= 4 is 17.0 Å². The highest BCUT2D eigenvalue weighted by molar-refractivity contribution is 7.09. The minimum atomic E-state index is 0.527. The summed E-state index contributed by atoms with van der Waals surface area (Å²) < 4.78 is 10.9. The van der Waals surface area contributed by atoms with E-state index in [4.69, 9.17) is 15.2 Å². The molecule has 0 fully saturated rings. The van der Waals surface area contributed by atoms with Crippen LogP contribution < -0.4 is 10.5 Å². The molecule has 0 unspecified atom stereocenters. The fourth-order valence-electron chi connectivity index (χ4n) is 1.72. The quantitative estimate of drug-likeness (QED) is 0.643. The molecule has 96 valence electrons. The van der Waals surface area contributed by atoms with Crippen molar-refractivity contribution in [1.82, 2.24) is 0 Å². The third-order valence-corrected chi connectivity index (χ3v) is 3.57. The molecule has 0 amide bonds. The Hall–Kier alpha value is -1.52. The second kappa shape index (κ2) is 6.42. The molecule has 2 N–H and O–H groups in total. The normalized spacial score (nSPS) is 10.5. The second-order valence-corrected chi connectivity index (χ2v) is 4.99. The van der Waals surface area contributed by atoms with Gasteiger partial charge in [-0.3, -0.25) is 0 Å². The Labute approximate surface area is 111 Å². The number of anilines is 1. The van der Waals surface area contributed by atoms with E-state index in [1.54, 1.807) is 18.4 Å². The lowest BCUT2D eigenvalue weighted by atomic mass is 10.2. The summed E-state index contributed by atoms with van der Waals surface area (Å²) in [5.41, 5.74) is 7.47. The average Bonchev–Trinajstić information content (AvgIpc) is 2.88. The van der Waals surface area contributed by atoms with Gasteiger partial charge in [0.05, 0.1) is 20.3 Å². The molecule has 0 saturated carbocycles. The molecule has 0 aliphatic carbocycles. The van der Waals surface area contributed by atoms with Crippen molar-refractivity contribution in [3.8, 4) is 5.75 Å². The molecule has 0 spiro atoms. The summed E-state index contributed by atoms with van der Waals surface area (Å²) in [5, 5.41) is 2.08. The highest BCUT2D eigenvalue weighted by Gasteiger charge is 2.03. The molecule has 0 atom stereocenters. The molecule has 4 heteroatoms. The van der Waals surface area contributed by atoms with E-state index >= 15 is 0 Å². The van der Waals surface area contributed by atoms with Gasteiger partial charge >= 0.3 is 0 Å². The minimum Gasteiger partial charge on any atom is -0.496 e. The van der Waals surface area contributed by atoms with Crippen molar-refractivity contribution in [3.05, 3.63) is 46.2 Å². The molecule has 1 aromatic heterocycles. The van der Waals surface area contributed by atoms with E-state index in [1.807, 2.05) is 18.2 Å². The third kappa shape index (κ3) is 3.48. The van der Waals surface area contributed by atoms with Gasteiger partial charge in [0, 0.05) is 22.5 Å². The van der Waals surface area contributed by atoms with Crippen LogP contribution in [-0.4, -0.2) is 13.7 Å². The van der Waals surface area contributed by atoms with Crippen LogP contribution in [0.1, 0.15) is 10.4 Å². The molecule has 18 heavy (non-hydrogen) atoms. The summed E-state index contributed by atoms with van der Waals surface area (Å²) in [7, 11) is 1.65. The molecule has 2 rings (SSSR count). The number of nitrogens with two attached hydrogens (primary N) is 1. The molecule has 0 radical (unpaired) electrons. The molecule has 3 nitrogen and oxygen atoms in total. The monoisotopic (exact) mass is 263 g/mol. The van der Waals surface area contributed by atoms with Gasteiger partial charge in [-0.25, -0.2) is 0 Å². The maximum Gasteiger partial charge on any atom is 0.124 e. The first kappa shape index (κ1) is 12.9. The third-order valence-electron chi connectivity index (χ3n) is 2.63. The van der Waals surface area contributed by atoms with E-state index in [9.17, 15) is 0 Å². The van der Waals surface area contributed by atoms with Gasteiger partial charge in [0.15, 0.2) is 0 Å². The van der Waals surface area contributed by atoms with E-state index in [2.05, 4.69) is 17.5 Å². The van der Waals surface area contributed by atoms with Crippen LogP contribution in [0, 0.1) is 0 Å². The van der Waals surface area contributed by atoms with Crippen LogP contribution >= 0.6 is 11.3 Å². The predicted molar refractivity (Wildman–Crippen MR) is 75.1 cm³/mol. The van der Waals surface area contributed by atoms with Crippen LogP contribution in [0.5, 0.6) is 5.75 Å². The van der Waals surface area contributed by atoms with Gasteiger partial charge in [-0.2, -0.15) is 0 Å². The van der Waals surface area contributed by atoms with Crippen LogP contribution in [0.15, 0.2) is 35.7 Å². The van der Waals surface area contributed by atoms with Crippen LogP contribution in [0.4, 0.5) is 5.69 Å². The van der Waals surface area contributed by atoms with Crippen LogP contribution in [0.25, 0.3) is 0 Å². The van der Waals surface area contributed by atoms with Crippen molar-refractivity contribution in [2.75, 3.05) is 19.5 Å². The zero-order valence-corrected chi connectivity index (χ0v) is 11.2. The lowest BCUT2D eigenvalue weighted by molar-refractivity contribution is 0.122. The number of ether oxygens (including phenoxy) is 2. The number of rotatable bonds is 6. The lowest BCUT2D eigenvalue weighted by Gasteiger charge is -2.09. The Balaban J connectivity index is 1.84. The van der Waals surface area contributed by atoms with E-state index in [0.29, 0.717) is 13.2 Å². The largest absolute Gasteiger partial charge is 0.496 e. The first-order valence-corrected chi connectivity index (χ1v) is 6.70. The Bertz CT molecular complexity index is 483. The van der Waals surface area contributed by atoms with Crippen LogP contribution in [-0.2, 0) is 17.8 Å². The average molecular weight is 263 g/mol. The zero-order chi connectivity index (χ0) is 12.8. The Morgan fingerprint density at radius 1 is 1.28 bits per heavy atom. The molecular formula is C14H17NO2S. The predicted octanol–water partition coefficient (Wildman–Crippen LogP) is 3.10. The van der Waals surface area contributed by atoms with Gasteiger partial charge in [0.25, 0.3) is 0 Å². The Kier molecular flexibility index (Phi) is 4.61. The molecule has 1 heterocycles. The fraction of sp³-hybridized carbons (Fsp3) is 0.286. The number of nitrogen functional groups attached to an aromatic ring is 1. The number of benzene rings is 1. The van der Waals surface area contributed by atoms with E-state index < -0.39 is 0 Å². The second-order valence-electron chi connectivity index (χ2n) is 3.95. The Morgan fingerprint density at radius 2 is 2.17 bits per heavy atom. The molecule has 1 aromatic carbocycles. The summed E-state index contributed by atoms with van der Waals surface area (Å²) in [6, 6.07) is 9.77. The first-order valence-electron chi connectivity index (χ1n) is 5.82. The standard InChI is InChI=1S/C14H17NO2S/c1-16-14-5-4-12(15)9-11(14)10-17-7-6-13-3-2-8-18-13/h2-5,8-9H,6-7,10,15H2,1H3. The summed E-state index contributed by atoms with van der Waals surface area (Å²) >= 11 is 1.75. The van der Waals surface area contributed by atoms with Crippen molar-refractivity contribution < 1.29 is 9.47 Å². The zero-order valence-electron chi connectivity index (χ0n) is 10.4. The molecular weight excluding hydrogens is 246 g/mol. The highest BCUT2D eigenvalue weighted by Crippen LogP contribution is 2.21. The van der Waals surface area contributed by atoms with Gasteiger partial charge in [0.1, 0.15) is 5.75 Å². The number of thiophene rings is 1. The van der Waals surface area contributed by atoms with Crippen LogP contribution in [0.3, 0.4) is 0 Å². The SMILES string of the molecule is COc1ccc(N)cc1COCCc1cccs1. The molecule has 0 aliphatic rings. The highest BCUT2D eigenvalue weighted by atomic mass is 32.1. The first-order chi connectivity index (χ1) is 8.79. The van der Waals surface area contributed by atoms with Crippen molar-refractivity contribution in [2.45, 2.75) is 13.0 Å². The van der Waals surface area contributed by atoms with Gasteiger partial charge < -0.3 is 15.2 Å². The summed E-state index contributed by atoms with van der Waals surface area (Å²) in [6.45, 7) is 1.23. The van der Waals surface area contributed by atoms with Crippen molar-refractivity contribution in [1.29, 1.82) is 0 Å². The van der Waals surface area contributed by atoms with Gasteiger partial charge in [-0.15, -0.1) is 11.3 Å². The minimum absolute atomic E-state index is 0.527. The van der Waals surface area contributed by atoms with E-state index in [1.165, 1.54) is 4.88 Å².